The largest absolute Gasteiger partial charge is 0.510 e. The fourth-order valence-electron chi connectivity index (χ4n) is 3.31. The third-order valence-electron chi connectivity index (χ3n) is 4.94. The minimum absolute atomic E-state index is 0.0850. The summed E-state index contributed by atoms with van der Waals surface area (Å²) in [6.45, 7) is 0.460. The van der Waals surface area contributed by atoms with Crippen LogP contribution in [0.25, 0.3) is 16.6 Å². The van der Waals surface area contributed by atoms with Gasteiger partial charge in [0.15, 0.2) is 11.0 Å². The van der Waals surface area contributed by atoms with E-state index in [2.05, 4.69) is 21.3 Å². The molecule has 31 heavy (non-hydrogen) atoms. The van der Waals surface area contributed by atoms with Gasteiger partial charge in [-0.15, -0.1) is 5.10 Å². The summed E-state index contributed by atoms with van der Waals surface area (Å²) in [5.41, 5.74) is 2.52. The van der Waals surface area contributed by atoms with Crippen LogP contribution in [-0.4, -0.2) is 35.2 Å². The number of hydrogen-bond acceptors (Lipinski definition) is 6. The molecule has 2 aromatic heterocycles. The van der Waals surface area contributed by atoms with Gasteiger partial charge in [-0.1, -0.05) is 54.2 Å². The molecular weight excluding hydrogens is 412 g/mol. The number of nitrogens with one attached hydrogen (secondary N) is 1. The van der Waals surface area contributed by atoms with Crippen LogP contribution in [0.3, 0.4) is 0 Å². The molecule has 0 radical (unpaired) electrons. The number of aryl methyl sites for hydroxylation is 2. The van der Waals surface area contributed by atoms with Crippen molar-refractivity contribution in [3.63, 3.8) is 0 Å². The molecule has 0 amide bonds. The van der Waals surface area contributed by atoms with Gasteiger partial charge in [-0.3, -0.25) is 4.57 Å². The highest BCUT2D eigenvalue weighted by atomic mass is 32.2. The molecule has 0 atom stereocenters. The van der Waals surface area contributed by atoms with Crippen LogP contribution in [-0.2, 0) is 20.0 Å². The number of thioether (sulfide) groups is 1. The van der Waals surface area contributed by atoms with Gasteiger partial charge in [0.1, 0.15) is 17.4 Å². The zero-order chi connectivity index (χ0) is 21.8. The van der Waals surface area contributed by atoms with Crippen molar-refractivity contribution in [1.29, 1.82) is 5.26 Å². The Labute approximate surface area is 182 Å². The van der Waals surface area contributed by atoms with Crippen molar-refractivity contribution in [3.05, 3.63) is 82.2 Å². The molecule has 0 bridgehead atoms. The van der Waals surface area contributed by atoms with E-state index in [9.17, 15) is 15.2 Å². The number of para-hydroxylation sites is 2. The molecule has 4 aromatic rings. The molecule has 9 heteroatoms. The van der Waals surface area contributed by atoms with E-state index in [0.717, 1.165) is 16.6 Å². The number of fused-ring (bicyclic) bond motifs is 1. The molecule has 0 unspecified atom stereocenters. The highest BCUT2D eigenvalue weighted by Crippen LogP contribution is 2.25. The zero-order valence-electron chi connectivity index (χ0n) is 16.8. The second kappa shape index (κ2) is 8.93. The molecule has 2 N–H and O–H groups in total. The maximum Gasteiger partial charge on any atom is 0.343 e. The van der Waals surface area contributed by atoms with Crippen molar-refractivity contribution < 1.29 is 5.11 Å². The molecule has 0 aliphatic carbocycles. The first-order valence-electron chi connectivity index (χ1n) is 9.64. The van der Waals surface area contributed by atoms with E-state index < -0.39 is 0 Å². The smallest absolute Gasteiger partial charge is 0.343 e. The van der Waals surface area contributed by atoms with Crippen LogP contribution >= 0.6 is 11.8 Å². The summed E-state index contributed by atoms with van der Waals surface area (Å²) in [6, 6.07) is 19.4. The number of benzene rings is 2. The topological polar surface area (TPSA) is 113 Å². The van der Waals surface area contributed by atoms with E-state index in [-0.39, 0.29) is 22.8 Å². The predicted octanol–water partition coefficient (Wildman–Crippen LogP) is 3.29. The number of aromatic amines is 1. The molecule has 0 fully saturated rings. The van der Waals surface area contributed by atoms with Gasteiger partial charge in [0.2, 0.25) is 0 Å². The standard InChI is InChI=1S/C22H20N6O2S/c1-27-18-10-6-5-9-17(18)24-20(27)16(13-23)19(29)14-31-22-26-25-21(30)28(22)12-11-15-7-3-2-4-8-15/h2-10,29H,11-12,14H2,1H3,(H,25,30)/b19-16-. The van der Waals surface area contributed by atoms with Crippen molar-refractivity contribution in [3.8, 4) is 6.07 Å². The Bertz CT molecular complexity index is 1340. The third-order valence-corrected chi connectivity index (χ3v) is 5.93. The quantitative estimate of drug-likeness (QED) is 0.263. The SMILES string of the molecule is Cn1c(/C(C#N)=C(\O)CSc2n[nH]c(=O)n2CCc2ccccc2)nc2ccccc21. The second-order valence-corrected chi connectivity index (χ2v) is 7.85. The first-order valence-corrected chi connectivity index (χ1v) is 10.6. The number of H-pyrrole nitrogens is 1. The first-order chi connectivity index (χ1) is 15.1. The number of imidazole rings is 1. The molecule has 8 nitrogen and oxygen atoms in total. The Morgan fingerprint density at radius 1 is 1.19 bits per heavy atom. The van der Waals surface area contributed by atoms with E-state index >= 15 is 0 Å². The van der Waals surface area contributed by atoms with E-state index in [1.807, 2.05) is 54.6 Å². The number of aliphatic hydroxyl groups excluding tert-OH is 1. The maximum atomic E-state index is 12.2. The number of aromatic nitrogens is 5. The molecule has 0 saturated heterocycles. The van der Waals surface area contributed by atoms with Gasteiger partial charge in [-0.25, -0.2) is 14.9 Å². The average Bonchev–Trinajstić information content (AvgIpc) is 3.32. The number of nitriles is 1. The van der Waals surface area contributed by atoms with E-state index in [1.54, 1.807) is 11.6 Å². The molecule has 0 spiro atoms. The maximum absolute atomic E-state index is 12.2. The van der Waals surface area contributed by atoms with E-state index in [1.165, 1.54) is 16.3 Å². The van der Waals surface area contributed by atoms with Gasteiger partial charge in [0.25, 0.3) is 0 Å². The van der Waals surface area contributed by atoms with Gasteiger partial charge >= 0.3 is 5.69 Å². The summed E-state index contributed by atoms with van der Waals surface area (Å²) in [5, 5.41) is 27.3. The van der Waals surface area contributed by atoms with Crippen molar-refractivity contribution >= 4 is 28.4 Å². The molecule has 0 aliphatic heterocycles. The third kappa shape index (κ3) is 4.25. The van der Waals surface area contributed by atoms with Crippen LogP contribution in [0.1, 0.15) is 11.4 Å². The predicted molar refractivity (Wildman–Crippen MR) is 120 cm³/mol. The lowest BCUT2D eigenvalue weighted by Crippen LogP contribution is -2.19. The Balaban J connectivity index is 1.54. The fraction of sp³-hybridized carbons (Fsp3) is 0.182. The summed E-state index contributed by atoms with van der Waals surface area (Å²) >= 11 is 1.19. The van der Waals surface area contributed by atoms with Crippen molar-refractivity contribution in [2.24, 2.45) is 7.05 Å². The summed E-state index contributed by atoms with van der Waals surface area (Å²) in [7, 11) is 1.80. The van der Waals surface area contributed by atoms with E-state index in [4.69, 9.17) is 0 Å². The molecule has 4 rings (SSSR count). The summed E-state index contributed by atoms with van der Waals surface area (Å²) < 4.78 is 3.31. The average molecular weight is 433 g/mol. The monoisotopic (exact) mass is 432 g/mol. The molecule has 0 saturated carbocycles. The molecule has 0 aliphatic rings. The molecular formula is C22H20N6O2S. The number of hydrogen-bond donors (Lipinski definition) is 2. The Morgan fingerprint density at radius 2 is 1.94 bits per heavy atom. The zero-order valence-corrected chi connectivity index (χ0v) is 17.6. The van der Waals surface area contributed by atoms with E-state index in [0.29, 0.717) is 23.9 Å². The Morgan fingerprint density at radius 3 is 2.68 bits per heavy atom. The summed E-state index contributed by atoms with van der Waals surface area (Å²) in [4.78, 5) is 16.6. The lowest BCUT2D eigenvalue weighted by Gasteiger charge is -2.07. The summed E-state index contributed by atoms with van der Waals surface area (Å²) in [5.74, 6) is 0.364. The van der Waals surface area contributed by atoms with Crippen LogP contribution < -0.4 is 5.69 Å². The number of rotatable bonds is 7. The van der Waals surface area contributed by atoms with Crippen molar-refractivity contribution in [2.45, 2.75) is 18.1 Å². The van der Waals surface area contributed by atoms with Gasteiger partial charge in [0, 0.05) is 13.6 Å². The van der Waals surface area contributed by atoms with Crippen molar-refractivity contribution in [2.75, 3.05) is 5.75 Å². The highest BCUT2D eigenvalue weighted by molar-refractivity contribution is 7.99. The molecule has 2 heterocycles. The Hall–Kier alpha value is -3.77. The molecule has 156 valence electrons. The second-order valence-electron chi connectivity index (χ2n) is 6.90. The van der Waals surface area contributed by atoms with Crippen LogP contribution in [0.5, 0.6) is 0 Å². The van der Waals surface area contributed by atoms with Crippen LogP contribution in [0.4, 0.5) is 0 Å². The highest BCUT2D eigenvalue weighted by Gasteiger charge is 2.18. The minimum Gasteiger partial charge on any atom is -0.510 e. The van der Waals surface area contributed by atoms with Crippen molar-refractivity contribution in [1.82, 2.24) is 24.3 Å². The van der Waals surface area contributed by atoms with Crippen LogP contribution in [0.2, 0.25) is 0 Å². The number of nitrogens with zero attached hydrogens (tertiary/aromatic N) is 5. The summed E-state index contributed by atoms with van der Waals surface area (Å²) in [6.07, 6.45) is 0.680. The number of aliphatic hydroxyl groups is 1. The van der Waals surface area contributed by atoms with Gasteiger partial charge in [0.05, 0.1) is 16.8 Å². The van der Waals surface area contributed by atoms with Gasteiger partial charge < -0.3 is 9.67 Å². The normalized spacial score (nSPS) is 12.0. The minimum atomic E-state index is -0.308. The van der Waals surface area contributed by atoms with Crippen LogP contribution in [0.15, 0.2) is 70.3 Å². The first kappa shape index (κ1) is 20.5. The number of allylic oxidation sites excluding steroid dienone is 1. The van der Waals surface area contributed by atoms with Crippen LogP contribution in [0, 0.1) is 11.3 Å². The molecule has 2 aromatic carbocycles. The lowest BCUT2D eigenvalue weighted by atomic mass is 10.1. The van der Waals surface area contributed by atoms with Gasteiger partial charge in [-0.2, -0.15) is 5.26 Å². The fourth-order valence-corrected chi connectivity index (χ4v) is 4.16. The van der Waals surface area contributed by atoms with Gasteiger partial charge in [-0.05, 0) is 24.1 Å². The Kier molecular flexibility index (Phi) is 5.91. The lowest BCUT2D eigenvalue weighted by molar-refractivity contribution is 0.420.